The van der Waals surface area contributed by atoms with Crippen molar-refractivity contribution >= 4 is 11.3 Å². The standard InChI is InChI=1S/C11H11F3N2S/c12-11(13,14)10-2-1-9(17-10)7-16-5-8(6-16)3-4-15/h1-2,8H,3,5-7H2. The zero-order chi connectivity index (χ0) is 12.5. The number of hydrogen-bond acceptors (Lipinski definition) is 3. The molecule has 1 aromatic rings. The number of nitriles is 1. The second kappa shape index (κ2) is 4.67. The quantitative estimate of drug-likeness (QED) is 0.835. The molecule has 0 N–H and O–H groups in total. The van der Waals surface area contributed by atoms with E-state index in [-0.39, 0.29) is 0 Å². The molecule has 2 heterocycles. The molecule has 0 radical (unpaired) electrons. The van der Waals surface area contributed by atoms with Gasteiger partial charge in [-0.05, 0) is 18.1 Å². The lowest BCUT2D eigenvalue weighted by atomic mass is 9.97. The number of likely N-dealkylation sites (tertiary alicyclic amines) is 1. The Morgan fingerprint density at radius 3 is 2.65 bits per heavy atom. The van der Waals surface area contributed by atoms with E-state index in [2.05, 4.69) is 11.0 Å². The van der Waals surface area contributed by atoms with Gasteiger partial charge in [-0.25, -0.2) is 0 Å². The van der Waals surface area contributed by atoms with Crippen LogP contribution in [-0.4, -0.2) is 18.0 Å². The first-order valence-corrected chi connectivity index (χ1v) is 6.06. The van der Waals surface area contributed by atoms with Gasteiger partial charge in [0, 0.05) is 30.9 Å². The minimum atomic E-state index is -4.23. The summed E-state index contributed by atoms with van der Waals surface area (Å²) in [4.78, 5) is 2.25. The third-order valence-electron chi connectivity index (χ3n) is 2.73. The van der Waals surface area contributed by atoms with Crippen LogP contribution in [0.1, 0.15) is 16.2 Å². The molecule has 1 aromatic heterocycles. The fourth-order valence-corrected chi connectivity index (χ4v) is 2.82. The van der Waals surface area contributed by atoms with Gasteiger partial charge < -0.3 is 0 Å². The number of nitrogens with zero attached hydrogens (tertiary/aromatic N) is 2. The molecule has 0 bridgehead atoms. The van der Waals surface area contributed by atoms with Gasteiger partial charge in [-0.1, -0.05) is 0 Å². The highest BCUT2D eigenvalue weighted by atomic mass is 32.1. The van der Waals surface area contributed by atoms with Crippen molar-refractivity contribution < 1.29 is 13.2 Å². The van der Waals surface area contributed by atoms with Crippen LogP contribution in [0.3, 0.4) is 0 Å². The third kappa shape index (κ3) is 2.99. The molecule has 0 aromatic carbocycles. The predicted molar refractivity (Wildman–Crippen MR) is 58.3 cm³/mol. The van der Waals surface area contributed by atoms with E-state index in [1.54, 1.807) is 0 Å². The first-order valence-electron chi connectivity index (χ1n) is 5.24. The Morgan fingerprint density at radius 2 is 2.12 bits per heavy atom. The van der Waals surface area contributed by atoms with E-state index in [0.717, 1.165) is 35.4 Å². The van der Waals surface area contributed by atoms with Crippen molar-refractivity contribution in [3.63, 3.8) is 0 Å². The summed E-state index contributed by atoms with van der Waals surface area (Å²) < 4.78 is 37.1. The normalized spacial score (nSPS) is 17.8. The van der Waals surface area contributed by atoms with Crippen LogP contribution in [0.25, 0.3) is 0 Å². The van der Waals surface area contributed by atoms with Gasteiger partial charge in [0.2, 0.25) is 0 Å². The predicted octanol–water partition coefficient (Wildman–Crippen LogP) is 3.11. The summed E-state index contributed by atoms with van der Waals surface area (Å²) in [6.07, 6.45) is -3.70. The van der Waals surface area contributed by atoms with Crippen LogP contribution in [0, 0.1) is 17.2 Å². The van der Waals surface area contributed by atoms with E-state index >= 15 is 0 Å². The van der Waals surface area contributed by atoms with Crippen molar-refractivity contribution in [3.8, 4) is 6.07 Å². The number of alkyl halides is 3. The van der Waals surface area contributed by atoms with Crippen LogP contribution in [0.15, 0.2) is 12.1 Å². The molecular weight excluding hydrogens is 249 g/mol. The monoisotopic (exact) mass is 260 g/mol. The SMILES string of the molecule is N#CCC1CN(Cc2ccc(C(F)(F)F)s2)C1. The lowest BCUT2D eigenvalue weighted by Crippen LogP contribution is -2.45. The van der Waals surface area contributed by atoms with E-state index < -0.39 is 11.1 Å². The molecule has 1 saturated heterocycles. The van der Waals surface area contributed by atoms with E-state index in [1.165, 1.54) is 6.07 Å². The van der Waals surface area contributed by atoms with E-state index in [0.29, 0.717) is 18.9 Å². The van der Waals surface area contributed by atoms with E-state index in [4.69, 9.17) is 5.26 Å². The van der Waals surface area contributed by atoms with Gasteiger partial charge in [-0.15, -0.1) is 11.3 Å². The molecule has 1 fully saturated rings. The maximum atomic E-state index is 12.4. The average Bonchev–Trinajstić information content (AvgIpc) is 2.62. The van der Waals surface area contributed by atoms with Crippen LogP contribution < -0.4 is 0 Å². The summed E-state index contributed by atoms with van der Waals surface area (Å²) in [6.45, 7) is 2.18. The van der Waals surface area contributed by atoms with Crippen LogP contribution in [0.2, 0.25) is 0 Å². The van der Waals surface area contributed by atoms with Crippen molar-refractivity contribution in [1.29, 1.82) is 5.26 Å². The zero-order valence-electron chi connectivity index (χ0n) is 9.00. The molecular formula is C11H11F3N2S. The Balaban J connectivity index is 1.85. The maximum absolute atomic E-state index is 12.4. The van der Waals surface area contributed by atoms with Gasteiger partial charge in [0.15, 0.2) is 0 Å². The highest BCUT2D eigenvalue weighted by molar-refractivity contribution is 7.12. The smallest absolute Gasteiger partial charge is 0.298 e. The fourth-order valence-electron chi connectivity index (χ4n) is 1.90. The lowest BCUT2D eigenvalue weighted by molar-refractivity contribution is -0.134. The maximum Gasteiger partial charge on any atom is 0.425 e. The topological polar surface area (TPSA) is 27.0 Å². The molecule has 0 spiro atoms. The molecule has 2 nitrogen and oxygen atoms in total. The highest BCUT2D eigenvalue weighted by Crippen LogP contribution is 2.35. The molecule has 0 atom stereocenters. The number of rotatable bonds is 3. The van der Waals surface area contributed by atoms with Gasteiger partial charge in [0.05, 0.1) is 6.07 Å². The van der Waals surface area contributed by atoms with Crippen molar-refractivity contribution in [3.05, 3.63) is 21.9 Å². The first-order chi connectivity index (χ1) is 7.99. The van der Waals surface area contributed by atoms with Crippen LogP contribution >= 0.6 is 11.3 Å². The van der Waals surface area contributed by atoms with E-state index in [9.17, 15) is 13.2 Å². The summed E-state index contributed by atoms with van der Waals surface area (Å²) >= 11 is 0.800. The van der Waals surface area contributed by atoms with Gasteiger partial charge in [0.25, 0.3) is 0 Å². The Morgan fingerprint density at radius 1 is 1.41 bits per heavy atom. The van der Waals surface area contributed by atoms with Crippen molar-refractivity contribution in [2.75, 3.05) is 13.1 Å². The van der Waals surface area contributed by atoms with Gasteiger partial charge >= 0.3 is 6.18 Å². The molecule has 0 unspecified atom stereocenters. The van der Waals surface area contributed by atoms with Crippen LogP contribution in [-0.2, 0) is 12.7 Å². The second-order valence-electron chi connectivity index (χ2n) is 4.19. The molecule has 0 saturated carbocycles. The minimum Gasteiger partial charge on any atom is -0.298 e. The summed E-state index contributed by atoms with van der Waals surface area (Å²) in [7, 11) is 0. The molecule has 1 aliphatic heterocycles. The molecule has 1 aliphatic rings. The first kappa shape index (κ1) is 12.4. The van der Waals surface area contributed by atoms with Crippen molar-refractivity contribution in [1.82, 2.24) is 4.90 Å². The summed E-state index contributed by atoms with van der Waals surface area (Å²) in [6, 6.07) is 4.77. The van der Waals surface area contributed by atoms with Crippen molar-refractivity contribution in [2.45, 2.75) is 19.1 Å². The number of hydrogen-bond donors (Lipinski definition) is 0. The van der Waals surface area contributed by atoms with Gasteiger partial charge in [0.1, 0.15) is 4.88 Å². The third-order valence-corrected chi connectivity index (χ3v) is 3.85. The molecule has 6 heteroatoms. The average molecular weight is 260 g/mol. The van der Waals surface area contributed by atoms with Crippen LogP contribution in [0.4, 0.5) is 13.2 Å². The van der Waals surface area contributed by atoms with Gasteiger partial charge in [-0.3, -0.25) is 4.90 Å². The molecule has 0 amide bonds. The number of thiophene rings is 1. The summed E-state index contributed by atoms with van der Waals surface area (Å²) in [5, 5.41) is 8.48. The lowest BCUT2D eigenvalue weighted by Gasteiger charge is -2.37. The molecule has 92 valence electrons. The summed E-state index contributed by atoms with van der Waals surface area (Å²) in [5.41, 5.74) is 0. The van der Waals surface area contributed by atoms with Crippen molar-refractivity contribution in [2.24, 2.45) is 5.92 Å². The van der Waals surface area contributed by atoms with E-state index in [1.807, 2.05) is 0 Å². The fraction of sp³-hybridized carbons (Fsp3) is 0.545. The highest BCUT2D eigenvalue weighted by Gasteiger charge is 2.33. The van der Waals surface area contributed by atoms with Gasteiger partial charge in [-0.2, -0.15) is 18.4 Å². The zero-order valence-corrected chi connectivity index (χ0v) is 9.81. The summed E-state index contributed by atoms with van der Waals surface area (Å²) in [5.74, 6) is 0.391. The molecule has 2 rings (SSSR count). The minimum absolute atomic E-state index is 0.391. The molecule has 0 aliphatic carbocycles. The Hall–Kier alpha value is -1.06. The number of halogens is 3. The largest absolute Gasteiger partial charge is 0.425 e. The second-order valence-corrected chi connectivity index (χ2v) is 5.35. The Bertz CT molecular complexity index is 427. The Kier molecular flexibility index (Phi) is 3.40. The Labute approximate surface area is 101 Å². The molecule has 17 heavy (non-hydrogen) atoms. The van der Waals surface area contributed by atoms with Crippen LogP contribution in [0.5, 0.6) is 0 Å².